The Morgan fingerprint density at radius 2 is 2.29 bits per heavy atom. The van der Waals surface area contributed by atoms with E-state index in [2.05, 4.69) is 35.6 Å². The van der Waals surface area contributed by atoms with Crippen LogP contribution in [0.1, 0.15) is 42.4 Å². The van der Waals surface area contributed by atoms with E-state index in [1.807, 2.05) is 4.68 Å². The van der Waals surface area contributed by atoms with Crippen molar-refractivity contribution in [3.63, 3.8) is 0 Å². The highest BCUT2D eigenvalue weighted by Crippen LogP contribution is 2.27. The SMILES string of the molecule is CCCn1nncc1C(N)c1sccc1CC. The van der Waals surface area contributed by atoms with E-state index in [1.54, 1.807) is 17.5 Å². The molecule has 0 radical (unpaired) electrons. The van der Waals surface area contributed by atoms with Gasteiger partial charge in [0.1, 0.15) is 0 Å². The molecule has 5 heteroatoms. The molecule has 2 aromatic heterocycles. The van der Waals surface area contributed by atoms with E-state index >= 15 is 0 Å². The molecule has 1 unspecified atom stereocenters. The highest BCUT2D eigenvalue weighted by Gasteiger charge is 2.18. The third-order valence-electron chi connectivity index (χ3n) is 2.85. The van der Waals surface area contributed by atoms with Gasteiger partial charge in [-0.25, -0.2) is 4.68 Å². The van der Waals surface area contributed by atoms with Gasteiger partial charge in [-0.2, -0.15) is 0 Å². The summed E-state index contributed by atoms with van der Waals surface area (Å²) in [6.45, 7) is 5.15. The van der Waals surface area contributed by atoms with Gasteiger partial charge in [0.05, 0.1) is 17.9 Å². The van der Waals surface area contributed by atoms with Gasteiger partial charge in [0.25, 0.3) is 0 Å². The molecule has 0 saturated heterocycles. The Balaban J connectivity index is 2.30. The molecule has 2 rings (SSSR count). The molecule has 92 valence electrons. The standard InChI is InChI=1S/C12H18N4S/c1-3-6-16-10(8-14-15-16)11(13)12-9(4-2)5-7-17-12/h5,7-8,11H,3-4,6,13H2,1-2H3. The largest absolute Gasteiger partial charge is 0.318 e. The van der Waals surface area contributed by atoms with Crippen molar-refractivity contribution in [2.75, 3.05) is 0 Å². The summed E-state index contributed by atoms with van der Waals surface area (Å²) in [5.74, 6) is 0. The van der Waals surface area contributed by atoms with E-state index in [0.29, 0.717) is 0 Å². The Morgan fingerprint density at radius 1 is 1.47 bits per heavy atom. The van der Waals surface area contributed by atoms with Gasteiger partial charge in [-0.3, -0.25) is 0 Å². The second-order valence-corrected chi connectivity index (χ2v) is 4.97. The summed E-state index contributed by atoms with van der Waals surface area (Å²) in [5, 5.41) is 10.1. The zero-order valence-corrected chi connectivity index (χ0v) is 11.1. The lowest BCUT2D eigenvalue weighted by Crippen LogP contribution is -2.17. The Hall–Kier alpha value is -1.20. The third kappa shape index (κ3) is 2.40. The molecular weight excluding hydrogens is 232 g/mol. The smallest absolute Gasteiger partial charge is 0.0836 e. The first-order valence-electron chi connectivity index (χ1n) is 5.98. The van der Waals surface area contributed by atoms with Crippen LogP contribution in [-0.2, 0) is 13.0 Å². The van der Waals surface area contributed by atoms with Gasteiger partial charge >= 0.3 is 0 Å². The van der Waals surface area contributed by atoms with Crippen molar-refractivity contribution in [2.45, 2.75) is 39.3 Å². The molecule has 0 amide bonds. The number of nitrogens with two attached hydrogens (primary N) is 1. The number of rotatable bonds is 5. The van der Waals surface area contributed by atoms with E-state index in [-0.39, 0.29) is 6.04 Å². The molecule has 0 saturated carbocycles. The van der Waals surface area contributed by atoms with Crippen LogP contribution < -0.4 is 5.73 Å². The van der Waals surface area contributed by atoms with E-state index < -0.39 is 0 Å². The van der Waals surface area contributed by atoms with Gasteiger partial charge in [-0.1, -0.05) is 19.1 Å². The zero-order chi connectivity index (χ0) is 12.3. The first-order valence-corrected chi connectivity index (χ1v) is 6.86. The summed E-state index contributed by atoms with van der Waals surface area (Å²) in [7, 11) is 0. The molecule has 0 fully saturated rings. The molecule has 2 heterocycles. The average Bonchev–Trinajstić information content (AvgIpc) is 2.96. The van der Waals surface area contributed by atoms with Crippen molar-refractivity contribution < 1.29 is 0 Å². The molecule has 4 nitrogen and oxygen atoms in total. The highest BCUT2D eigenvalue weighted by atomic mass is 32.1. The second-order valence-electron chi connectivity index (χ2n) is 4.02. The maximum absolute atomic E-state index is 6.32. The third-order valence-corrected chi connectivity index (χ3v) is 3.89. The number of thiophene rings is 1. The predicted molar refractivity (Wildman–Crippen MR) is 70.0 cm³/mol. The van der Waals surface area contributed by atoms with Crippen LogP contribution in [0.5, 0.6) is 0 Å². The van der Waals surface area contributed by atoms with Crippen LogP contribution in [0, 0.1) is 0 Å². The van der Waals surface area contributed by atoms with Crippen LogP contribution >= 0.6 is 11.3 Å². The van der Waals surface area contributed by atoms with Crippen LogP contribution in [0.3, 0.4) is 0 Å². The Kier molecular flexibility index (Phi) is 3.91. The summed E-state index contributed by atoms with van der Waals surface area (Å²) < 4.78 is 1.91. The van der Waals surface area contributed by atoms with Crippen molar-refractivity contribution in [3.8, 4) is 0 Å². The normalized spacial score (nSPS) is 12.9. The summed E-state index contributed by atoms with van der Waals surface area (Å²) in [5.41, 5.74) is 8.65. The van der Waals surface area contributed by atoms with Crippen LogP contribution in [0.15, 0.2) is 17.6 Å². The first-order chi connectivity index (χ1) is 8.27. The Morgan fingerprint density at radius 3 is 3.00 bits per heavy atom. The fourth-order valence-corrected chi connectivity index (χ4v) is 2.95. The summed E-state index contributed by atoms with van der Waals surface area (Å²) in [4.78, 5) is 1.23. The first kappa shape index (κ1) is 12.3. The van der Waals surface area contributed by atoms with E-state index in [9.17, 15) is 0 Å². The molecule has 0 aliphatic rings. The molecule has 17 heavy (non-hydrogen) atoms. The molecule has 0 spiro atoms. The molecule has 2 N–H and O–H groups in total. The Bertz CT molecular complexity index is 474. The molecule has 1 atom stereocenters. The molecule has 0 aliphatic carbocycles. The zero-order valence-electron chi connectivity index (χ0n) is 10.3. The number of aryl methyl sites for hydroxylation is 2. The lowest BCUT2D eigenvalue weighted by atomic mass is 10.1. The van der Waals surface area contributed by atoms with Crippen molar-refractivity contribution in [3.05, 3.63) is 33.8 Å². The maximum Gasteiger partial charge on any atom is 0.0836 e. The molecular formula is C12H18N4S. The Labute approximate surface area is 105 Å². The number of hydrogen-bond donors (Lipinski definition) is 1. The quantitative estimate of drug-likeness (QED) is 0.886. The van der Waals surface area contributed by atoms with Gasteiger partial charge in [-0.15, -0.1) is 16.4 Å². The van der Waals surface area contributed by atoms with Gasteiger partial charge in [0, 0.05) is 11.4 Å². The summed E-state index contributed by atoms with van der Waals surface area (Å²) >= 11 is 1.71. The van der Waals surface area contributed by atoms with Gasteiger partial charge in [-0.05, 0) is 29.9 Å². The van der Waals surface area contributed by atoms with Gasteiger partial charge < -0.3 is 5.73 Å². The number of nitrogens with zero attached hydrogens (tertiary/aromatic N) is 3. The van der Waals surface area contributed by atoms with Crippen LogP contribution in [0.4, 0.5) is 0 Å². The maximum atomic E-state index is 6.32. The van der Waals surface area contributed by atoms with Crippen molar-refractivity contribution in [1.29, 1.82) is 0 Å². The minimum atomic E-state index is -0.105. The minimum absolute atomic E-state index is 0.105. The molecule has 0 aromatic carbocycles. The van der Waals surface area contributed by atoms with Crippen molar-refractivity contribution >= 4 is 11.3 Å². The highest BCUT2D eigenvalue weighted by molar-refractivity contribution is 7.10. The van der Waals surface area contributed by atoms with Gasteiger partial charge in [0.15, 0.2) is 0 Å². The lowest BCUT2D eigenvalue weighted by Gasteiger charge is -2.13. The number of aromatic nitrogens is 3. The molecule has 0 bridgehead atoms. The monoisotopic (exact) mass is 250 g/mol. The van der Waals surface area contributed by atoms with Crippen LogP contribution in [0.25, 0.3) is 0 Å². The topological polar surface area (TPSA) is 56.7 Å². The number of hydrogen-bond acceptors (Lipinski definition) is 4. The predicted octanol–water partition coefficient (Wildman–Crippen LogP) is 2.36. The second kappa shape index (κ2) is 5.42. The van der Waals surface area contributed by atoms with E-state index in [4.69, 9.17) is 5.73 Å². The van der Waals surface area contributed by atoms with Gasteiger partial charge in [0.2, 0.25) is 0 Å². The lowest BCUT2D eigenvalue weighted by molar-refractivity contribution is 0.544. The minimum Gasteiger partial charge on any atom is -0.318 e. The summed E-state index contributed by atoms with van der Waals surface area (Å²) in [6, 6.07) is 2.04. The van der Waals surface area contributed by atoms with Crippen LogP contribution in [-0.4, -0.2) is 15.0 Å². The molecule has 2 aromatic rings. The van der Waals surface area contributed by atoms with E-state index in [0.717, 1.165) is 25.1 Å². The fourth-order valence-electron chi connectivity index (χ4n) is 1.94. The van der Waals surface area contributed by atoms with Crippen LogP contribution in [0.2, 0.25) is 0 Å². The van der Waals surface area contributed by atoms with E-state index in [1.165, 1.54) is 10.4 Å². The van der Waals surface area contributed by atoms with Crippen molar-refractivity contribution in [2.24, 2.45) is 5.73 Å². The van der Waals surface area contributed by atoms with Crippen molar-refractivity contribution in [1.82, 2.24) is 15.0 Å². The molecule has 0 aliphatic heterocycles. The average molecular weight is 250 g/mol. The summed E-state index contributed by atoms with van der Waals surface area (Å²) in [6.07, 6.45) is 3.83. The fraction of sp³-hybridized carbons (Fsp3) is 0.500.